The average molecular weight is 233 g/mol. The van der Waals surface area contributed by atoms with Crippen molar-refractivity contribution >= 4 is 5.91 Å². The van der Waals surface area contributed by atoms with E-state index >= 15 is 0 Å². The number of carbonyl (C=O) groups excluding carboxylic acids is 1. The highest BCUT2D eigenvalue weighted by Gasteiger charge is 2.56. The summed E-state index contributed by atoms with van der Waals surface area (Å²) in [5, 5.41) is 9.09. The van der Waals surface area contributed by atoms with Gasteiger partial charge in [-0.3, -0.25) is 4.79 Å². The van der Waals surface area contributed by atoms with Gasteiger partial charge in [0.25, 0.3) is 0 Å². The van der Waals surface area contributed by atoms with Crippen LogP contribution < -0.4 is 5.73 Å². The normalized spacial score (nSPS) is 38.9. The highest BCUT2D eigenvalue weighted by atomic mass is 16.2. The molecule has 0 aromatic rings. The fourth-order valence-electron chi connectivity index (χ4n) is 3.39. The molecule has 17 heavy (non-hydrogen) atoms. The number of piperidine rings is 1. The highest BCUT2D eigenvalue weighted by Crippen LogP contribution is 2.49. The van der Waals surface area contributed by atoms with Gasteiger partial charge in [-0.25, -0.2) is 0 Å². The quantitative estimate of drug-likeness (QED) is 0.774. The molecule has 0 aromatic carbocycles. The van der Waals surface area contributed by atoms with Gasteiger partial charge in [0, 0.05) is 6.04 Å². The zero-order chi connectivity index (χ0) is 12.2. The molecule has 2 unspecified atom stereocenters. The topological polar surface area (TPSA) is 70.1 Å². The van der Waals surface area contributed by atoms with E-state index in [1.54, 1.807) is 4.90 Å². The SMILES string of the molecule is CC1(C(N)C(=O)N2C(C#N)C[C@@H]3C[C@@H]32)CCC1. The van der Waals surface area contributed by atoms with Crippen LogP contribution in [0.1, 0.15) is 39.0 Å². The number of likely N-dealkylation sites (tertiary alicyclic amines) is 1. The summed E-state index contributed by atoms with van der Waals surface area (Å²) in [7, 11) is 0. The maximum atomic E-state index is 12.4. The van der Waals surface area contributed by atoms with Crippen molar-refractivity contribution in [1.29, 1.82) is 5.26 Å². The van der Waals surface area contributed by atoms with Gasteiger partial charge >= 0.3 is 0 Å². The molecule has 1 heterocycles. The first-order valence-corrected chi connectivity index (χ1v) is 6.54. The van der Waals surface area contributed by atoms with E-state index in [2.05, 4.69) is 13.0 Å². The lowest BCUT2D eigenvalue weighted by atomic mass is 9.65. The van der Waals surface area contributed by atoms with Gasteiger partial charge in [-0.15, -0.1) is 0 Å². The monoisotopic (exact) mass is 233 g/mol. The van der Waals surface area contributed by atoms with Crippen molar-refractivity contribution in [2.45, 2.75) is 57.2 Å². The van der Waals surface area contributed by atoms with Crippen molar-refractivity contribution in [2.75, 3.05) is 0 Å². The Hall–Kier alpha value is -1.08. The second-order valence-electron chi connectivity index (χ2n) is 6.17. The molecule has 1 amide bonds. The van der Waals surface area contributed by atoms with Crippen molar-refractivity contribution in [1.82, 2.24) is 4.90 Å². The molecule has 3 aliphatic rings. The number of rotatable bonds is 2. The first-order valence-electron chi connectivity index (χ1n) is 6.54. The van der Waals surface area contributed by atoms with Gasteiger partial charge < -0.3 is 10.6 Å². The summed E-state index contributed by atoms with van der Waals surface area (Å²) in [5.41, 5.74) is 6.11. The van der Waals surface area contributed by atoms with Crippen LogP contribution in [-0.2, 0) is 4.79 Å². The van der Waals surface area contributed by atoms with E-state index in [0.717, 1.165) is 25.7 Å². The third-order valence-corrected chi connectivity index (χ3v) is 5.02. The lowest BCUT2D eigenvalue weighted by Gasteiger charge is -2.44. The predicted molar refractivity (Wildman–Crippen MR) is 62.7 cm³/mol. The number of carbonyl (C=O) groups is 1. The molecule has 1 aliphatic heterocycles. The zero-order valence-corrected chi connectivity index (χ0v) is 10.2. The molecule has 2 N–H and O–H groups in total. The van der Waals surface area contributed by atoms with Crippen LogP contribution in [0, 0.1) is 22.7 Å². The van der Waals surface area contributed by atoms with E-state index in [1.165, 1.54) is 6.42 Å². The summed E-state index contributed by atoms with van der Waals surface area (Å²) in [5.74, 6) is 0.591. The Morgan fingerprint density at radius 1 is 1.53 bits per heavy atom. The number of nitriles is 1. The summed E-state index contributed by atoms with van der Waals surface area (Å²) in [6, 6.07) is 1.94. The summed E-state index contributed by atoms with van der Waals surface area (Å²) in [4.78, 5) is 14.2. The van der Waals surface area contributed by atoms with E-state index in [-0.39, 0.29) is 17.4 Å². The molecule has 3 fully saturated rings. The Balaban J connectivity index is 1.75. The zero-order valence-electron chi connectivity index (χ0n) is 10.2. The van der Waals surface area contributed by atoms with Crippen LogP contribution in [-0.4, -0.2) is 28.9 Å². The molecule has 1 saturated heterocycles. The summed E-state index contributed by atoms with van der Waals surface area (Å²) in [6.07, 6.45) is 5.19. The summed E-state index contributed by atoms with van der Waals surface area (Å²) in [6.45, 7) is 2.10. The molecule has 2 aliphatic carbocycles. The molecule has 0 aromatic heterocycles. The Morgan fingerprint density at radius 3 is 2.76 bits per heavy atom. The molecule has 4 heteroatoms. The predicted octanol–water partition coefficient (Wildman–Crippen LogP) is 1.02. The number of hydrogen-bond donors (Lipinski definition) is 1. The molecular weight excluding hydrogens is 214 g/mol. The van der Waals surface area contributed by atoms with Gasteiger partial charge in [-0.2, -0.15) is 5.26 Å². The van der Waals surface area contributed by atoms with Gasteiger partial charge in [0.2, 0.25) is 5.91 Å². The third-order valence-electron chi connectivity index (χ3n) is 5.02. The van der Waals surface area contributed by atoms with Crippen molar-refractivity contribution in [3.05, 3.63) is 0 Å². The first-order chi connectivity index (χ1) is 8.07. The standard InChI is InChI=1S/C13H19N3O/c1-13(3-2-4-13)11(15)12(17)16-9(7-14)5-8-6-10(8)16/h8-11H,2-6,15H2,1H3/t8-,9?,10+,11?/m1/s1. The lowest BCUT2D eigenvalue weighted by Crippen LogP contribution is -2.56. The average Bonchev–Trinajstić information content (AvgIpc) is 2.95. The van der Waals surface area contributed by atoms with Crippen LogP contribution in [0.25, 0.3) is 0 Å². The maximum absolute atomic E-state index is 12.4. The van der Waals surface area contributed by atoms with Gasteiger partial charge in [-0.1, -0.05) is 13.3 Å². The van der Waals surface area contributed by atoms with Crippen molar-refractivity contribution in [2.24, 2.45) is 17.1 Å². The number of amides is 1. The Labute approximate surface area is 102 Å². The summed E-state index contributed by atoms with van der Waals surface area (Å²) < 4.78 is 0. The van der Waals surface area contributed by atoms with Gasteiger partial charge in [-0.05, 0) is 37.0 Å². The maximum Gasteiger partial charge on any atom is 0.241 e. The Bertz CT molecular complexity index is 396. The van der Waals surface area contributed by atoms with Crippen LogP contribution in [0.3, 0.4) is 0 Å². The van der Waals surface area contributed by atoms with Crippen LogP contribution in [0.5, 0.6) is 0 Å². The Morgan fingerprint density at radius 2 is 2.24 bits per heavy atom. The highest BCUT2D eigenvalue weighted by molar-refractivity contribution is 5.84. The molecule has 3 rings (SSSR count). The van der Waals surface area contributed by atoms with Gasteiger partial charge in [0.05, 0.1) is 12.1 Å². The fourth-order valence-corrected chi connectivity index (χ4v) is 3.39. The van der Waals surface area contributed by atoms with E-state index in [1.807, 2.05) is 0 Å². The van der Waals surface area contributed by atoms with Crippen LogP contribution >= 0.6 is 0 Å². The number of fused-ring (bicyclic) bond motifs is 1. The Kier molecular flexibility index (Phi) is 2.24. The van der Waals surface area contributed by atoms with Crippen molar-refractivity contribution in [3.63, 3.8) is 0 Å². The third kappa shape index (κ3) is 1.49. The molecule has 4 nitrogen and oxygen atoms in total. The van der Waals surface area contributed by atoms with Crippen LogP contribution in [0.2, 0.25) is 0 Å². The van der Waals surface area contributed by atoms with Crippen LogP contribution in [0.4, 0.5) is 0 Å². The fraction of sp³-hybridized carbons (Fsp3) is 0.846. The van der Waals surface area contributed by atoms with Crippen molar-refractivity contribution < 1.29 is 4.79 Å². The number of nitrogens with two attached hydrogens (primary N) is 1. The lowest BCUT2D eigenvalue weighted by molar-refractivity contribution is -0.138. The smallest absolute Gasteiger partial charge is 0.241 e. The van der Waals surface area contributed by atoms with Gasteiger partial charge in [0.15, 0.2) is 0 Å². The second-order valence-corrected chi connectivity index (χ2v) is 6.17. The first kappa shape index (κ1) is 11.0. The molecule has 92 valence electrons. The second kappa shape index (κ2) is 3.46. The molecule has 0 spiro atoms. The number of hydrogen-bond acceptors (Lipinski definition) is 3. The van der Waals surface area contributed by atoms with Crippen molar-refractivity contribution in [3.8, 4) is 6.07 Å². The van der Waals surface area contributed by atoms with E-state index < -0.39 is 6.04 Å². The summed E-state index contributed by atoms with van der Waals surface area (Å²) >= 11 is 0. The minimum Gasteiger partial charge on any atom is -0.322 e. The minimum atomic E-state index is -0.411. The molecule has 0 radical (unpaired) electrons. The van der Waals surface area contributed by atoms with Crippen LogP contribution in [0.15, 0.2) is 0 Å². The van der Waals surface area contributed by atoms with E-state index in [0.29, 0.717) is 12.0 Å². The number of nitrogens with zero attached hydrogens (tertiary/aromatic N) is 2. The van der Waals surface area contributed by atoms with E-state index in [4.69, 9.17) is 11.0 Å². The molecular formula is C13H19N3O. The molecule has 0 bridgehead atoms. The van der Waals surface area contributed by atoms with E-state index in [9.17, 15) is 4.79 Å². The van der Waals surface area contributed by atoms with Gasteiger partial charge in [0.1, 0.15) is 6.04 Å². The largest absolute Gasteiger partial charge is 0.322 e. The molecule has 2 saturated carbocycles. The minimum absolute atomic E-state index is 0.0174. The molecule has 4 atom stereocenters.